The number of halogens is 4. The Labute approximate surface area is 197 Å². The summed E-state index contributed by atoms with van der Waals surface area (Å²) in [5.74, 6) is 0.109. The molecular formula is C23H23BrF3N5O. The highest BCUT2D eigenvalue weighted by Gasteiger charge is 2.40. The van der Waals surface area contributed by atoms with Crippen LogP contribution < -0.4 is 5.32 Å². The van der Waals surface area contributed by atoms with Crippen molar-refractivity contribution in [2.75, 3.05) is 18.4 Å². The van der Waals surface area contributed by atoms with E-state index >= 15 is 0 Å². The van der Waals surface area contributed by atoms with E-state index in [1.807, 2.05) is 0 Å². The highest BCUT2D eigenvalue weighted by atomic mass is 79.9. The molecule has 3 aromatic rings. The molecule has 2 aromatic heterocycles. The summed E-state index contributed by atoms with van der Waals surface area (Å²) in [6, 6.07) is 6.94. The molecule has 0 spiro atoms. The fraction of sp³-hybridized carbons (Fsp3) is 0.391. The summed E-state index contributed by atoms with van der Waals surface area (Å²) in [6.07, 6.45) is 0.384. The minimum atomic E-state index is -4.59. The standard InChI is InChI=1S/C23H23BrF3N5O/c1-22(2)9-4-10-32(18(22)13-30-21-28-11-15(24)12-29-21)20(33)16-6-3-5-14-7-8-17(23(25,26)27)31-19(14)16/h3,5-8,11-12,18H,4,9-10,13H2,1-2H3,(H,28,29,30). The Morgan fingerprint density at radius 1 is 1.21 bits per heavy atom. The number of benzene rings is 1. The normalized spacial score (nSPS) is 18.4. The minimum Gasteiger partial charge on any atom is -0.352 e. The van der Waals surface area contributed by atoms with Gasteiger partial charge in [0.2, 0.25) is 5.95 Å². The van der Waals surface area contributed by atoms with Gasteiger partial charge in [0, 0.05) is 30.9 Å². The summed E-state index contributed by atoms with van der Waals surface area (Å²) in [5.41, 5.74) is -1.00. The van der Waals surface area contributed by atoms with E-state index in [0.29, 0.717) is 24.4 Å². The second-order valence-electron chi connectivity index (χ2n) is 8.78. The molecule has 6 nitrogen and oxygen atoms in total. The number of carbonyl (C=O) groups is 1. The van der Waals surface area contributed by atoms with Crippen molar-refractivity contribution in [1.29, 1.82) is 0 Å². The monoisotopic (exact) mass is 521 g/mol. The predicted molar refractivity (Wildman–Crippen MR) is 123 cm³/mol. The third kappa shape index (κ3) is 4.95. The van der Waals surface area contributed by atoms with Crippen molar-refractivity contribution in [2.45, 2.75) is 38.9 Å². The zero-order chi connectivity index (χ0) is 23.8. The number of para-hydroxylation sites is 1. The number of fused-ring (bicyclic) bond motifs is 1. The van der Waals surface area contributed by atoms with E-state index in [2.05, 4.69) is 50.0 Å². The quantitative estimate of drug-likeness (QED) is 0.487. The van der Waals surface area contributed by atoms with E-state index in [0.717, 1.165) is 23.4 Å². The predicted octanol–water partition coefficient (Wildman–Crippen LogP) is 5.55. The molecule has 1 unspecified atom stereocenters. The largest absolute Gasteiger partial charge is 0.433 e. The number of amides is 1. The van der Waals surface area contributed by atoms with Gasteiger partial charge in [0.1, 0.15) is 5.69 Å². The molecule has 1 aromatic carbocycles. The third-order valence-corrected chi connectivity index (χ3v) is 6.48. The van der Waals surface area contributed by atoms with Crippen LogP contribution in [-0.2, 0) is 6.18 Å². The van der Waals surface area contributed by atoms with E-state index in [9.17, 15) is 18.0 Å². The first-order chi connectivity index (χ1) is 15.6. The molecular weight excluding hydrogens is 499 g/mol. The van der Waals surface area contributed by atoms with Crippen LogP contribution in [0.25, 0.3) is 10.9 Å². The number of hydrogen-bond acceptors (Lipinski definition) is 5. The number of alkyl halides is 3. The molecule has 1 saturated heterocycles. The van der Waals surface area contributed by atoms with Crippen LogP contribution in [0.15, 0.2) is 47.2 Å². The zero-order valence-electron chi connectivity index (χ0n) is 18.2. The number of nitrogens with zero attached hydrogens (tertiary/aromatic N) is 4. The van der Waals surface area contributed by atoms with Crippen LogP contribution in [0.2, 0.25) is 0 Å². The molecule has 1 atom stereocenters. The van der Waals surface area contributed by atoms with Crippen LogP contribution >= 0.6 is 15.9 Å². The summed E-state index contributed by atoms with van der Waals surface area (Å²) in [6.45, 7) is 5.09. The third-order valence-electron chi connectivity index (χ3n) is 6.07. The molecule has 1 aliphatic rings. The van der Waals surface area contributed by atoms with Gasteiger partial charge in [-0.3, -0.25) is 4.79 Å². The van der Waals surface area contributed by atoms with Gasteiger partial charge < -0.3 is 10.2 Å². The first-order valence-electron chi connectivity index (χ1n) is 10.6. The lowest BCUT2D eigenvalue weighted by Gasteiger charge is -2.46. The van der Waals surface area contributed by atoms with E-state index < -0.39 is 11.9 Å². The van der Waals surface area contributed by atoms with Gasteiger partial charge in [0.25, 0.3) is 5.91 Å². The number of rotatable bonds is 4. The Morgan fingerprint density at radius 3 is 2.64 bits per heavy atom. The molecule has 0 saturated carbocycles. The van der Waals surface area contributed by atoms with E-state index in [-0.39, 0.29) is 28.4 Å². The molecule has 1 amide bonds. The van der Waals surface area contributed by atoms with Crippen molar-refractivity contribution >= 4 is 38.7 Å². The van der Waals surface area contributed by atoms with Crippen molar-refractivity contribution in [3.63, 3.8) is 0 Å². The molecule has 33 heavy (non-hydrogen) atoms. The molecule has 0 bridgehead atoms. The number of pyridine rings is 1. The summed E-state index contributed by atoms with van der Waals surface area (Å²) in [5, 5.41) is 3.69. The summed E-state index contributed by atoms with van der Waals surface area (Å²) < 4.78 is 40.6. The number of piperidine rings is 1. The van der Waals surface area contributed by atoms with E-state index in [1.54, 1.807) is 35.5 Å². The highest BCUT2D eigenvalue weighted by molar-refractivity contribution is 9.10. The Balaban J connectivity index is 1.67. The first-order valence-corrected chi connectivity index (χ1v) is 11.3. The molecule has 1 N–H and O–H groups in total. The molecule has 1 fully saturated rings. The number of hydrogen-bond donors (Lipinski definition) is 1. The SMILES string of the molecule is CC1(C)CCCN(C(=O)c2cccc3ccc(C(F)(F)F)nc23)C1CNc1ncc(Br)cn1. The summed E-state index contributed by atoms with van der Waals surface area (Å²) in [7, 11) is 0. The molecule has 4 rings (SSSR count). The Kier molecular flexibility index (Phi) is 6.30. The highest BCUT2D eigenvalue weighted by Crippen LogP contribution is 2.37. The van der Waals surface area contributed by atoms with E-state index in [4.69, 9.17) is 0 Å². The number of aromatic nitrogens is 3. The van der Waals surface area contributed by atoms with Crippen LogP contribution in [0.3, 0.4) is 0 Å². The number of nitrogens with one attached hydrogen (secondary N) is 1. The van der Waals surface area contributed by atoms with Crippen LogP contribution in [0.5, 0.6) is 0 Å². The first kappa shape index (κ1) is 23.4. The van der Waals surface area contributed by atoms with Crippen LogP contribution in [0.1, 0.15) is 42.7 Å². The fourth-order valence-electron chi connectivity index (χ4n) is 4.30. The van der Waals surface area contributed by atoms with Gasteiger partial charge in [0.15, 0.2) is 0 Å². The zero-order valence-corrected chi connectivity index (χ0v) is 19.7. The molecule has 10 heteroatoms. The van der Waals surface area contributed by atoms with Crippen molar-refractivity contribution in [1.82, 2.24) is 19.9 Å². The topological polar surface area (TPSA) is 71.0 Å². The van der Waals surface area contributed by atoms with Crippen LogP contribution in [0.4, 0.5) is 19.1 Å². The van der Waals surface area contributed by atoms with Crippen LogP contribution in [-0.4, -0.2) is 44.9 Å². The molecule has 1 aliphatic heterocycles. The van der Waals surface area contributed by atoms with E-state index in [1.165, 1.54) is 6.07 Å². The molecule has 0 radical (unpaired) electrons. The van der Waals surface area contributed by atoms with Crippen molar-refractivity contribution < 1.29 is 18.0 Å². The van der Waals surface area contributed by atoms with Gasteiger partial charge in [-0.05, 0) is 46.3 Å². The Bertz CT molecular complexity index is 1170. The average Bonchev–Trinajstić information content (AvgIpc) is 2.77. The van der Waals surface area contributed by atoms with Gasteiger partial charge in [-0.25, -0.2) is 15.0 Å². The smallest absolute Gasteiger partial charge is 0.352 e. The molecule has 174 valence electrons. The molecule has 0 aliphatic carbocycles. The number of likely N-dealkylation sites (tertiary alicyclic amines) is 1. The van der Waals surface area contributed by atoms with Crippen molar-refractivity contribution in [3.8, 4) is 0 Å². The van der Waals surface area contributed by atoms with Crippen molar-refractivity contribution in [2.24, 2.45) is 5.41 Å². The lowest BCUT2D eigenvalue weighted by Crippen LogP contribution is -2.55. The summed E-state index contributed by atoms with van der Waals surface area (Å²) >= 11 is 3.30. The Morgan fingerprint density at radius 2 is 1.94 bits per heavy atom. The second-order valence-corrected chi connectivity index (χ2v) is 9.70. The van der Waals surface area contributed by atoms with Gasteiger partial charge in [-0.1, -0.05) is 32.0 Å². The fourth-order valence-corrected chi connectivity index (χ4v) is 4.51. The van der Waals surface area contributed by atoms with Gasteiger partial charge >= 0.3 is 6.18 Å². The lowest BCUT2D eigenvalue weighted by molar-refractivity contribution is -0.140. The van der Waals surface area contributed by atoms with Gasteiger partial charge in [-0.2, -0.15) is 13.2 Å². The van der Waals surface area contributed by atoms with Gasteiger partial charge in [-0.15, -0.1) is 0 Å². The maximum Gasteiger partial charge on any atom is 0.433 e. The maximum atomic E-state index is 13.7. The average molecular weight is 522 g/mol. The number of carbonyl (C=O) groups excluding carboxylic acids is 1. The minimum absolute atomic E-state index is 0.0589. The maximum absolute atomic E-state index is 13.7. The second kappa shape index (κ2) is 8.89. The summed E-state index contributed by atoms with van der Waals surface area (Å²) in [4.78, 5) is 27.7. The van der Waals surface area contributed by atoms with Crippen molar-refractivity contribution in [3.05, 3.63) is 58.5 Å². The Hall–Kier alpha value is -2.75. The van der Waals surface area contributed by atoms with Gasteiger partial charge in [0.05, 0.1) is 21.6 Å². The number of anilines is 1. The lowest BCUT2D eigenvalue weighted by atomic mass is 9.76. The molecule has 3 heterocycles. The van der Waals surface area contributed by atoms with Crippen LogP contribution in [0, 0.1) is 5.41 Å².